The number of benzene rings is 1. The van der Waals surface area contributed by atoms with E-state index in [1.165, 1.54) is 6.07 Å². The molecule has 2 aromatic rings. The molecule has 0 amide bonds. The van der Waals surface area contributed by atoms with Gasteiger partial charge in [-0.2, -0.15) is 5.10 Å². The quantitative estimate of drug-likeness (QED) is 0.880. The summed E-state index contributed by atoms with van der Waals surface area (Å²) in [6.07, 6.45) is 1.72. The molecule has 1 heterocycles. The van der Waals surface area contributed by atoms with E-state index < -0.39 is 0 Å². The van der Waals surface area contributed by atoms with Crippen LogP contribution in [0.4, 0.5) is 4.39 Å². The Hall–Kier alpha value is -1.68. The predicted molar refractivity (Wildman–Crippen MR) is 65.2 cm³/mol. The lowest BCUT2D eigenvalue weighted by atomic mass is 10.0. The summed E-state index contributed by atoms with van der Waals surface area (Å²) in [6.45, 7) is 1.96. The molecule has 0 spiro atoms. The molecule has 0 bridgehead atoms. The number of hydrogen-bond acceptors (Lipinski definition) is 2. The van der Waals surface area contributed by atoms with E-state index in [-0.39, 0.29) is 11.9 Å². The Morgan fingerprint density at radius 1 is 1.35 bits per heavy atom. The van der Waals surface area contributed by atoms with Crippen molar-refractivity contribution in [2.75, 3.05) is 7.05 Å². The number of hydrogen-bond donors (Lipinski definition) is 1. The summed E-state index contributed by atoms with van der Waals surface area (Å²) in [7, 11) is 3.67. The van der Waals surface area contributed by atoms with E-state index in [0.717, 1.165) is 11.3 Å². The molecular formula is C13H16FN3. The molecule has 17 heavy (non-hydrogen) atoms. The average Bonchev–Trinajstić information content (AvgIpc) is 2.71. The van der Waals surface area contributed by atoms with E-state index in [2.05, 4.69) is 10.4 Å². The van der Waals surface area contributed by atoms with Gasteiger partial charge in [0.15, 0.2) is 0 Å². The summed E-state index contributed by atoms with van der Waals surface area (Å²) in [5.74, 6) is -0.198. The van der Waals surface area contributed by atoms with Crippen molar-refractivity contribution in [3.05, 3.63) is 53.1 Å². The van der Waals surface area contributed by atoms with Crippen LogP contribution in [-0.2, 0) is 7.05 Å². The minimum Gasteiger partial charge on any atom is -0.308 e. The number of aryl methyl sites for hydroxylation is 2. The fourth-order valence-corrected chi connectivity index (χ4v) is 2.01. The third-order valence-electron chi connectivity index (χ3n) is 2.91. The average molecular weight is 233 g/mol. The Kier molecular flexibility index (Phi) is 3.24. The Morgan fingerprint density at radius 2 is 2.12 bits per heavy atom. The van der Waals surface area contributed by atoms with Crippen LogP contribution < -0.4 is 5.32 Å². The van der Waals surface area contributed by atoms with Crippen molar-refractivity contribution in [3.63, 3.8) is 0 Å². The van der Waals surface area contributed by atoms with Crippen molar-refractivity contribution in [2.45, 2.75) is 13.0 Å². The fraction of sp³-hybridized carbons (Fsp3) is 0.308. The van der Waals surface area contributed by atoms with Gasteiger partial charge in [-0.1, -0.05) is 17.7 Å². The van der Waals surface area contributed by atoms with E-state index in [9.17, 15) is 4.39 Å². The Bertz CT molecular complexity index is 519. The van der Waals surface area contributed by atoms with Gasteiger partial charge in [0.2, 0.25) is 0 Å². The lowest BCUT2D eigenvalue weighted by molar-refractivity contribution is 0.551. The van der Waals surface area contributed by atoms with Crippen LogP contribution in [0, 0.1) is 12.7 Å². The molecule has 1 atom stereocenters. The molecule has 3 nitrogen and oxygen atoms in total. The molecule has 0 aliphatic rings. The molecule has 0 fully saturated rings. The third kappa shape index (κ3) is 2.22. The van der Waals surface area contributed by atoms with E-state index in [1.54, 1.807) is 16.9 Å². The molecule has 0 saturated carbocycles. The number of nitrogens with zero attached hydrogens (tertiary/aromatic N) is 2. The normalized spacial score (nSPS) is 12.7. The molecule has 1 N–H and O–H groups in total. The van der Waals surface area contributed by atoms with E-state index in [4.69, 9.17) is 0 Å². The van der Waals surface area contributed by atoms with Gasteiger partial charge in [-0.25, -0.2) is 4.39 Å². The molecule has 2 rings (SSSR count). The highest BCUT2D eigenvalue weighted by molar-refractivity contribution is 5.32. The molecule has 4 heteroatoms. The third-order valence-corrected chi connectivity index (χ3v) is 2.91. The van der Waals surface area contributed by atoms with Crippen LogP contribution in [0.1, 0.15) is 22.9 Å². The Labute approximate surface area is 100 Å². The largest absolute Gasteiger partial charge is 0.308 e. The van der Waals surface area contributed by atoms with Gasteiger partial charge in [0.25, 0.3) is 0 Å². The van der Waals surface area contributed by atoms with Gasteiger partial charge in [0.1, 0.15) is 5.82 Å². The Morgan fingerprint density at radius 3 is 2.71 bits per heavy atom. The smallest absolute Gasteiger partial charge is 0.128 e. The van der Waals surface area contributed by atoms with E-state index >= 15 is 0 Å². The zero-order valence-electron chi connectivity index (χ0n) is 10.2. The van der Waals surface area contributed by atoms with Crippen LogP contribution in [-0.4, -0.2) is 16.8 Å². The number of aromatic nitrogens is 2. The molecule has 0 aliphatic heterocycles. The van der Waals surface area contributed by atoms with Gasteiger partial charge < -0.3 is 5.32 Å². The maximum Gasteiger partial charge on any atom is 0.128 e. The van der Waals surface area contributed by atoms with E-state index in [1.807, 2.05) is 33.2 Å². The minimum atomic E-state index is -0.198. The molecule has 1 unspecified atom stereocenters. The molecule has 1 aromatic heterocycles. The molecule has 0 saturated heterocycles. The summed E-state index contributed by atoms with van der Waals surface area (Å²) in [6, 6.07) is 6.86. The van der Waals surface area contributed by atoms with Crippen LogP contribution in [0.25, 0.3) is 0 Å². The maximum atomic E-state index is 13.9. The highest BCUT2D eigenvalue weighted by atomic mass is 19.1. The summed E-state index contributed by atoms with van der Waals surface area (Å²) < 4.78 is 15.6. The first-order valence-corrected chi connectivity index (χ1v) is 5.54. The van der Waals surface area contributed by atoms with Crippen LogP contribution in [0.2, 0.25) is 0 Å². The summed E-state index contributed by atoms with van der Waals surface area (Å²) in [4.78, 5) is 0. The topological polar surface area (TPSA) is 29.9 Å². The first-order valence-electron chi connectivity index (χ1n) is 5.54. The summed E-state index contributed by atoms with van der Waals surface area (Å²) >= 11 is 0. The van der Waals surface area contributed by atoms with Crippen molar-refractivity contribution in [1.82, 2.24) is 15.1 Å². The maximum absolute atomic E-state index is 13.9. The zero-order valence-corrected chi connectivity index (χ0v) is 10.2. The van der Waals surface area contributed by atoms with Crippen molar-refractivity contribution in [1.29, 1.82) is 0 Å². The lowest BCUT2D eigenvalue weighted by Crippen LogP contribution is -2.21. The number of halogens is 1. The SMILES string of the molecule is CNC(c1cc(C)ccc1F)c1ccnn1C. The second-order valence-electron chi connectivity index (χ2n) is 4.13. The van der Waals surface area contributed by atoms with Crippen molar-refractivity contribution < 1.29 is 4.39 Å². The van der Waals surface area contributed by atoms with Gasteiger partial charge in [-0.05, 0) is 26.1 Å². The number of nitrogens with one attached hydrogen (secondary N) is 1. The Balaban J connectivity index is 2.49. The van der Waals surface area contributed by atoms with Gasteiger partial charge in [0, 0.05) is 18.8 Å². The minimum absolute atomic E-state index is 0.178. The molecule has 90 valence electrons. The van der Waals surface area contributed by atoms with Crippen LogP contribution >= 0.6 is 0 Å². The van der Waals surface area contributed by atoms with Crippen LogP contribution in [0.3, 0.4) is 0 Å². The second kappa shape index (κ2) is 4.67. The molecule has 1 aromatic carbocycles. The highest BCUT2D eigenvalue weighted by Crippen LogP contribution is 2.24. The molecular weight excluding hydrogens is 217 g/mol. The van der Waals surface area contributed by atoms with Gasteiger partial charge >= 0.3 is 0 Å². The first kappa shape index (κ1) is 11.8. The summed E-state index contributed by atoms with van der Waals surface area (Å²) in [5, 5.41) is 7.25. The number of rotatable bonds is 3. The monoisotopic (exact) mass is 233 g/mol. The van der Waals surface area contributed by atoms with Crippen LogP contribution in [0.5, 0.6) is 0 Å². The van der Waals surface area contributed by atoms with E-state index in [0.29, 0.717) is 5.56 Å². The van der Waals surface area contributed by atoms with Crippen molar-refractivity contribution in [2.24, 2.45) is 7.05 Å². The lowest BCUT2D eigenvalue weighted by Gasteiger charge is -2.18. The first-order chi connectivity index (χ1) is 8.13. The van der Waals surface area contributed by atoms with Crippen molar-refractivity contribution >= 4 is 0 Å². The van der Waals surface area contributed by atoms with Crippen molar-refractivity contribution in [3.8, 4) is 0 Å². The zero-order chi connectivity index (χ0) is 12.4. The predicted octanol–water partition coefficient (Wildman–Crippen LogP) is 2.18. The molecule has 0 aliphatic carbocycles. The highest BCUT2D eigenvalue weighted by Gasteiger charge is 2.18. The van der Waals surface area contributed by atoms with Crippen LogP contribution in [0.15, 0.2) is 30.5 Å². The van der Waals surface area contributed by atoms with Gasteiger partial charge in [-0.3, -0.25) is 4.68 Å². The summed E-state index contributed by atoms with van der Waals surface area (Å²) in [5.41, 5.74) is 2.64. The second-order valence-corrected chi connectivity index (χ2v) is 4.13. The van der Waals surface area contributed by atoms with Gasteiger partial charge in [0.05, 0.1) is 11.7 Å². The molecule has 0 radical (unpaired) electrons. The fourth-order valence-electron chi connectivity index (χ4n) is 2.01. The standard InChI is InChI=1S/C13H16FN3/c1-9-4-5-11(14)10(8-9)13(15-2)12-6-7-16-17(12)3/h4-8,13,15H,1-3H3. The van der Waals surface area contributed by atoms with Gasteiger partial charge in [-0.15, -0.1) is 0 Å².